The van der Waals surface area contributed by atoms with E-state index in [1.165, 1.54) is 5.01 Å². The molecule has 31 heavy (non-hydrogen) atoms. The van der Waals surface area contributed by atoms with Crippen LogP contribution in [0.4, 0.5) is 5.69 Å². The van der Waals surface area contributed by atoms with Crippen molar-refractivity contribution in [1.29, 1.82) is 0 Å². The van der Waals surface area contributed by atoms with E-state index in [1.54, 1.807) is 37.4 Å². The first-order chi connectivity index (χ1) is 15.0. The maximum Gasteiger partial charge on any atom is 0.276 e. The Bertz CT molecular complexity index is 1090. The topological polar surface area (TPSA) is 79.9 Å². The molecule has 2 amide bonds. The molecule has 7 nitrogen and oxygen atoms in total. The third-order valence-corrected chi connectivity index (χ3v) is 5.26. The number of nitrogens with zero attached hydrogens (tertiary/aromatic N) is 1. The molecule has 1 unspecified atom stereocenters. The van der Waals surface area contributed by atoms with Crippen LogP contribution in [0.3, 0.4) is 0 Å². The van der Waals surface area contributed by atoms with Gasteiger partial charge >= 0.3 is 0 Å². The lowest BCUT2D eigenvalue weighted by atomic mass is 10.0. The number of nitrogens with one attached hydrogen (secondary N) is 2. The lowest BCUT2D eigenvalue weighted by Crippen LogP contribution is -2.53. The van der Waals surface area contributed by atoms with Crippen molar-refractivity contribution in [3.8, 4) is 11.5 Å². The van der Waals surface area contributed by atoms with Gasteiger partial charge in [0.1, 0.15) is 17.7 Å². The number of anilines is 1. The molecule has 0 bridgehead atoms. The fraction of sp³-hybridized carbons (Fsp3) is 0.130. The number of ether oxygens (including phenoxy) is 2. The number of halogens is 1. The first-order valence-corrected chi connectivity index (χ1v) is 10.4. The van der Waals surface area contributed by atoms with Crippen molar-refractivity contribution in [2.24, 2.45) is 0 Å². The molecule has 0 spiro atoms. The summed E-state index contributed by atoms with van der Waals surface area (Å²) >= 11 is 3.40. The van der Waals surface area contributed by atoms with E-state index in [0.717, 1.165) is 10.0 Å². The summed E-state index contributed by atoms with van der Waals surface area (Å²) in [6, 6.07) is 21.7. The van der Waals surface area contributed by atoms with Crippen molar-refractivity contribution < 1.29 is 19.1 Å². The number of fused-ring (bicyclic) bond motifs is 1. The second-order valence-electron chi connectivity index (χ2n) is 6.82. The number of benzene rings is 3. The smallest absolute Gasteiger partial charge is 0.276 e. The number of amides is 2. The number of hydrazine groups is 1. The Hall–Kier alpha value is -3.52. The van der Waals surface area contributed by atoms with E-state index in [2.05, 4.69) is 26.7 Å². The Morgan fingerprint density at radius 1 is 1.06 bits per heavy atom. The minimum atomic E-state index is -0.604. The number of carbonyl (C=O) groups is 2. The molecule has 4 rings (SSSR count). The molecule has 2 N–H and O–H groups in total. The summed E-state index contributed by atoms with van der Waals surface area (Å²) in [5.41, 5.74) is 4.60. The van der Waals surface area contributed by atoms with Crippen LogP contribution in [0.2, 0.25) is 0 Å². The second kappa shape index (κ2) is 9.09. The van der Waals surface area contributed by atoms with E-state index in [9.17, 15) is 9.59 Å². The maximum atomic E-state index is 13.3. The average Bonchev–Trinajstić information content (AvgIpc) is 2.80. The normalized spacial score (nSPS) is 15.0. The van der Waals surface area contributed by atoms with Crippen LogP contribution < -0.4 is 20.2 Å². The van der Waals surface area contributed by atoms with Gasteiger partial charge in [0, 0.05) is 10.2 Å². The SMILES string of the molecule is COc1ccc(C2Nc3ccc(Br)cc3C(=O)N2NC(=O)COc2ccccc2)cc1. The highest BCUT2D eigenvalue weighted by atomic mass is 79.9. The predicted octanol–water partition coefficient (Wildman–Crippen LogP) is 4.13. The van der Waals surface area contributed by atoms with Crippen LogP contribution in [-0.2, 0) is 4.79 Å². The Kier molecular flexibility index (Phi) is 6.08. The molecule has 0 saturated carbocycles. The highest BCUT2D eigenvalue weighted by molar-refractivity contribution is 9.10. The van der Waals surface area contributed by atoms with Crippen LogP contribution >= 0.6 is 15.9 Å². The number of hydrogen-bond acceptors (Lipinski definition) is 5. The van der Waals surface area contributed by atoms with Gasteiger partial charge in [-0.2, -0.15) is 0 Å². The lowest BCUT2D eigenvalue weighted by Gasteiger charge is -2.37. The summed E-state index contributed by atoms with van der Waals surface area (Å²) in [6.07, 6.45) is -0.604. The zero-order valence-corrected chi connectivity index (χ0v) is 18.3. The highest BCUT2D eigenvalue weighted by Gasteiger charge is 2.34. The molecular formula is C23H20BrN3O4. The summed E-state index contributed by atoms with van der Waals surface area (Å²) in [5.74, 6) is 0.490. The highest BCUT2D eigenvalue weighted by Crippen LogP contribution is 2.34. The molecule has 0 aliphatic carbocycles. The van der Waals surface area contributed by atoms with Gasteiger partial charge in [0.25, 0.3) is 11.8 Å². The van der Waals surface area contributed by atoms with Gasteiger partial charge < -0.3 is 14.8 Å². The molecule has 8 heteroatoms. The molecular weight excluding hydrogens is 462 g/mol. The number of para-hydroxylation sites is 1. The molecule has 0 aromatic heterocycles. The van der Waals surface area contributed by atoms with Crippen molar-refractivity contribution in [2.75, 3.05) is 19.0 Å². The molecule has 1 aliphatic heterocycles. The molecule has 3 aromatic carbocycles. The van der Waals surface area contributed by atoms with Crippen molar-refractivity contribution in [2.45, 2.75) is 6.17 Å². The number of carbonyl (C=O) groups excluding carboxylic acids is 2. The van der Waals surface area contributed by atoms with Crippen molar-refractivity contribution >= 4 is 33.4 Å². The molecule has 3 aromatic rings. The van der Waals surface area contributed by atoms with Crippen molar-refractivity contribution in [3.63, 3.8) is 0 Å². The standard InChI is InChI=1S/C23H20BrN3O4/c1-30-17-10-7-15(8-11-17)22-25-20-12-9-16(24)13-19(20)23(29)27(22)26-21(28)14-31-18-5-3-2-4-6-18/h2-13,22,25H,14H2,1H3,(H,26,28). The average molecular weight is 482 g/mol. The quantitative estimate of drug-likeness (QED) is 0.553. The predicted molar refractivity (Wildman–Crippen MR) is 120 cm³/mol. The van der Waals surface area contributed by atoms with Gasteiger partial charge in [-0.3, -0.25) is 15.0 Å². The lowest BCUT2D eigenvalue weighted by molar-refractivity contribution is -0.127. The Balaban J connectivity index is 1.58. The zero-order valence-electron chi connectivity index (χ0n) is 16.7. The second-order valence-corrected chi connectivity index (χ2v) is 7.74. The van der Waals surface area contributed by atoms with Crippen LogP contribution in [0, 0.1) is 0 Å². The molecule has 1 aliphatic rings. The summed E-state index contributed by atoms with van der Waals surface area (Å²) in [6.45, 7) is -0.228. The molecule has 1 heterocycles. The third kappa shape index (κ3) is 4.64. The molecule has 0 saturated heterocycles. The Morgan fingerprint density at radius 2 is 1.81 bits per heavy atom. The monoisotopic (exact) mass is 481 g/mol. The van der Waals surface area contributed by atoms with Crippen molar-refractivity contribution in [3.05, 3.63) is 88.4 Å². The number of hydrogen-bond donors (Lipinski definition) is 2. The Morgan fingerprint density at radius 3 is 2.52 bits per heavy atom. The Labute approximate surface area is 188 Å². The summed E-state index contributed by atoms with van der Waals surface area (Å²) in [4.78, 5) is 25.9. The third-order valence-electron chi connectivity index (χ3n) is 4.77. The van der Waals surface area contributed by atoms with E-state index in [-0.39, 0.29) is 12.5 Å². The van der Waals surface area contributed by atoms with Gasteiger partial charge in [-0.25, -0.2) is 5.01 Å². The van der Waals surface area contributed by atoms with Crippen LogP contribution in [-0.4, -0.2) is 30.5 Å². The van der Waals surface area contributed by atoms with Crippen LogP contribution in [0.25, 0.3) is 0 Å². The van der Waals surface area contributed by atoms with Crippen molar-refractivity contribution in [1.82, 2.24) is 10.4 Å². The van der Waals surface area contributed by atoms with E-state index in [4.69, 9.17) is 9.47 Å². The van der Waals surface area contributed by atoms with Gasteiger partial charge in [0.05, 0.1) is 12.7 Å². The first kappa shape index (κ1) is 20.7. The minimum absolute atomic E-state index is 0.228. The zero-order chi connectivity index (χ0) is 21.8. The van der Waals surface area contributed by atoms with E-state index >= 15 is 0 Å². The molecule has 1 atom stereocenters. The molecule has 0 radical (unpaired) electrons. The first-order valence-electron chi connectivity index (χ1n) is 9.56. The minimum Gasteiger partial charge on any atom is -0.497 e. The van der Waals surface area contributed by atoms with Crippen LogP contribution in [0.15, 0.2) is 77.3 Å². The van der Waals surface area contributed by atoms with Crippen LogP contribution in [0.1, 0.15) is 22.1 Å². The van der Waals surface area contributed by atoms with E-state index in [0.29, 0.717) is 22.7 Å². The van der Waals surface area contributed by atoms with Gasteiger partial charge in [-0.1, -0.05) is 46.3 Å². The van der Waals surface area contributed by atoms with Gasteiger partial charge in [-0.05, 0) is 48.0 Å². The van der Waals surface area contributed by atoms with E-state index in [1.807, 2.05) is 42.5 Å². The number of rotatable bonds is 6. The van der Waals surface area contributed by atoms with Gasteiger partial charge in [0.2, 0.25) is 0 Å². The molecule has 0 fully saturated rings. The fourth-order valence-electron chi connectivity index (χ4n) is 3.24. The van der Waals surface area contributed by atoms with Crippen LogP contribution in [0.5, 0.6) is 11.5 Å². The van der Waals surface area contributed by atoms with Gasteiger partial charge in [-0.15, -0.1) is 0 Å². The maximum absolute atomic E-state index is 13.3. The number of methoxy groups -OCH3 is 1. The summed E-state index contributed by atoms with van der Waals surface area (Å²) in [5, 5.41) is 4.61. The summed E-state index contributed by atoms with van der Waals surface area (Å²) in [7, 11) is 1.59. The van der Waals surface area contributed by atoms with E-state index < -0.39 is 12.1 Å². The largest absolute Gasteiger partial charge is 0.497 e. The molecule has 158 valence electrons. The van der Waals surface area contributed by atoms with Gasteiger partial charge in [0.15, 0.2) is 6.61 Å². The fourth-order valence-corrected chi connectivity index (χ4v) is 3.61. The summed E-state index contributed by atoms with van der Waals surface area (Å²) < 4.78 is 11.5.